The third-order valence-electron chi connectivity index (χ3n) is 2.64. The number of hydrogen-bond donors (Lipinski definition) is 0. The Bertz CT molecular complexity index is 303. The van der Waals surface area contributed by atoms with E-state index in [1.807, 2.05) is 24.3 Å². The van der Waals surface area contributed by atoms with E-state index in [0.29, 0.717) is 12.7 Å². The van der Waals surface area contributed by atoms with Crippen molar-refractivity contribution in [1.29, 1.82) is 0 Å². The summed E-state index contributed by atoms with van der Waals surface area (Å²) >= 11 is 0. The van der Waals surface area contributed by atoms with Crippen molar-refractivity contribution in [2.24, 2.45) is 0 Å². The van der Waals surface area contributed by atoms with Crippen LogP contribution in [0.5, 0.6) is 5.75 Å². The van der Waals surface area contributed by atoms with Gasteiger partial charge in [0.2, 0.25) is 0 Å². The predicted molar refractivity (Wildman–Crippen MR) is 61.6 cm³/mol. The first-order chi connectivity index (χ1) is 7.88. The van der Waals surface area contributed by atoms with Crippen molar-refractivity contribution in [3.05, 3.63) is 29.8 Å². The van der Waals surface area contributed by atoms with Crippen molar-refractivity contribution in [3.8, 4) is 5.75 Å². The average Bonchev–Trinajstić information content (AvgIpc) is 3.13. The van der Waals surface area contributed by atoms with Gasteiger partial charge in [0.1, 0.15) is 5.75 Å². The summed E-state index contributed by atoms with van der Waals surface area (Å²) in [6.07, 6.45) is 2.73. The van der Waals surface area contributed by atoms with Gasteiger partial charge in [0, 0.05) is 6.61 Å². The molecule has 0 bridgehead atoms. The fourth-order valence-electron chi connectivity index (χ4n) is 1.56. The summed E-state index contributed by atoms with van der Waals surface area (Å²) < 4.78 is 15.8. The van der Waals surface area contributed by atoms with E-state index < -0.39 is 0 Å². The lowest BCUT2D eigenvalue weighted by molar-refractivity contribution is 0.115. The van der Waals surface area contributed by atoms with Crippen LogP contribution in [0.4, 0.5) is 0 Å². The summed E-state index contributed by atoms with van der Waals surface area (Å²) in [5.74, 6) is 0.884. The van der Waals surface area contributed by atoms with Crippen LogP contribution in [0, 0.1) is 0 Å². The quantitative estimate of drug-likeness (QED) is 0.524. The van der Waals surface area contributed by atoms with Crippen LogP contribution in [-0.2, 0) is 16.1 Å². The maximum atomic E-state index is 5.58. The van der Waals surface area contributed by atoms with Gasteiger partial charge in [0.15, 0.2) is 0 Å². The van der Waals surface area contributed by atoms with E-state index in [2.05, 4.69) is 0 Å². The standard InChI is InChI=1S/C13H18O3/c1-14-12-6-4-11(5-7-12)9-15-8-2-3-13-10-16-13/h4-7,13H,2-3,8-10H2,1H3/t13-/m0/s1. The molecule has 1 aliphatic rings. The van der Waals surface area contributed by atoms with Gasteiger partial charge in [-0.1, -0.05) is 12.1 Å². The molecular weight excluding hydrogens is 204 g/mol. The Kier molecular flexibility index (Phi) is 4.19. The van der Waals surface area contributed by atoms with Crippen LogP contribution in [0.3, 0.4) is 0 Å². The Balaban J connectivity index is 1.60. The molecule has 0 aliphatic carbocycles. The molecule has 0 spiro atoms. The zero-order valence-electron chi connectivity index (χ0n) is 9.65. The zero-order valence-corrected chi connectivity index (χ0v) is 9.65. The van der Waals surface area contributed by atoms with Gasteiger partial charge < -0.3 is 14.2 Å². The molecule has 1 aromatic rings. The van der Waals surface area contributed by atoms with E-state index in [1.165, 1.54) is 5.56 Å². The summed E-state index contributed by atoms with van der Waals surface area (Å²) in [4.78, 5) is 0. The Morgan fingerprint density at radius 1 is 1.31 bits per heavy atom. The molecule has 0 radical (unpaired) electrons. The first kappa shape index (κ1) is 11.4. The smallest absolute Gasteiger partial charge is 0.118 e. The van der Waals surface area contributed by atoms with Gasteiger partial charge in [-0.25, -0.2) is 0 Å². The lowest BCUT2D eigenvalue weighted by Gasteiger charge is -2.05. The van der Waals surface area contributed by atoms with Gasteiger partial charge in [-0.3, -0.25) is 0 Å². The summed E-state index contributed by atoms with van der Waals surface area (Å²) in [5.41, 5.74) is 1.18. The fraction of sp³-hybridized carbons (Fsp3) is 0.538. The van der Waals surface area contributed by atoms with Crippen molar-refractivity contribution >= 4 is 0 Å². The minimum Gasteiger partial charge on any atom is -0.497 e. The predicted octanol–water partition coefficient (Wildman–Crippen LogP) is 2.39. The fourth-order valence-corrected chi connectivity index (χ4v) is 1.56. The minimum absolute atomic E-state index is 0.518. The van der Waals surface area contributed by atoms with Crippen LogP contribution in [0.1, 0.15) is 18.4 Å². The van der Waals surface area contributed by atoms with Crippen LogP contribution in [0.15, 0.2) is 24.3 Å². The normalized spacial score (nSPS) is 18.4. The summed E-state index contributed by atoms with van der Waals surface area (Å²) in [7, 11) is 1.67. The van der Waals surface area contributed by atoms with Crippen molar-refractivity contribution in [2.75, 3.05) is 20.3 Å². The van der Waals surface area contributed by atoms with Crippen molar-refractivity contribution in [1.82, 2.24) is 0 Å². The van der Waals surface area contributed by atoms with Crippen LogP contribution in [0.2, 0.25) is 0 Å². The highest BCUT2D eigenvalue weighted by Gasteiger charge is 2.20. The number of ether oxygens (including phenoxy) is 3. The molecule has 1 aliphatic heterocycles. The second-order valence-corrected chi connectivity index (χ2v) is 4.00. The molecule has 1 saturated heterocycles. The second-order valence-electron chi connectivity index (χ2n) is 4.00. The van der Waals surface area contributed by atoms with Gasteiger partial charge >= 0.3 is 0 Å². The lowest BCUT2D eigenvalue weighted by atomic mass is 10.2. The number of rotatable bonds is 7. The number of methoxy groups -OCH3 is 1. The molecule has 3 nitrogen and oxygen atoms in total. The topological polar surface area (TPSA) is 31.0 Å². The maximum Gasteiger partial charge on any atom is 0.118 e. The molecule has 88 valence electrons. The van der Waals surface area contributed by atoms with E-state index in [1.54, 1.807) is 7.11 Å². The van der Waals surface area contributed by atoms with Gasteiger partial charge in [-0.05, 0) is 30.5 Å². The van der Waals surface area contributed by atoms with Crippen LogP contribution in [-0.4, -0.2) is 26.4 Å². The highest BCUT2D eigenvalue weighted by atomic mass is 16.6. The number of benzene rings is 1. The lowest BCUT2D eigenvalue weighted by Crippen LogP contribution is -1.97. The van der Waals surface area contributed by atoms with E-state index in [-0.39, 0.29) is 0 Å². The molecule has 16 heavy (non-hydrogen) atoms. The molecule has 0 unspecified atom stereocenters. The zero-order chi connectivity index (χ0) is 11.2. The molecule has 1 aromatic carbocycles. The summed E-state index contributed by atoms with van der Waals surface area (Å²) in [5, 5.41) is 0. The molecular formula is C13H18O3. The van der Waals surface area contributed by atoms with Crippen molar-refractivity contribution in [3.63, 3.8) is 0 Å². The average molecular weight is 222 g/mol. The van der Waals surface area contributed by atoms with E-state index in [9.17, 15) is 0 Å². The number of hydrogen-bond acceptors (Lipinski definition) is 3. The Labute approximate surface area is 96.3 Å². The largest absolute Gasteiger partial charge is 0.497 e. The molecule has 1 heterocycles. The minimum atomic E-state index is 0.518. The molecule has 2 rings (SSSR count). The van der Waals surface area contributed by atoms with Crippen LogP contribution in [0.25, 0.3) is 0 Å². The van der Waals surface area contributed by atoms with Gasteiger partial charge in [-0.2, -0.15) is 0 Å². The summed E-state index contributed by atoms with van der Waals surface area (Å²) in [6, 6.07) is 7.97. The van der Waals surface area contributed by atoms with Gasteiger partial charge in [0.25, 0.3) is 0 Å². The number of epoxide rings is 1. The van der Waals surface area contributed by atoms with Crippen molar-refractivity contribution < 1.29 is 14.2 Å². The molecule has 0 saturated carbocycles. The Morgan fingerprint density at radius 2 is 2.06 bits per heavy atom. The third-order valence-corrected chi connectivity index (χ3v) is 2.64. The van der Waals surface area contributed by atoms with Crippen molar-refractivity contribution in [2.45, 2.75) is 25.6 Å². The third kappa shape index (κ3) is 3.83. The van der Waals surface area contributed by atoms with E-state index >= 15 is 0 Å². The molecule has 1 fully saturated rings. The molecule has 3 heteroatoms. The summed E-state index contributed by atoms with van der Waals surface area (Å²) in [6.45, 7) is 2.43. The first-order valence-electron chi connectivity index (χ1n) is 5.71. The Morgan fingerprint density at radius 3 is 2.69 bits per heavy atom. The first-order valence-corrected chi connectivity index (χ1v) is 5.71. The molecule has 0 amide bonds. The second kappa shape index (κ2) is 5.87. The molecule has 0 N–H and O–H groups in total. The monoisotopic (exact) mass is 222 g/mol. The molecule has 1 atom stereocenters. The van der Waals surface area contributed by atoms with Gasteiger partial charge in [0.05, 0.1) is 26.4 Å². The maximum absolute atomic E-state index is 5.58. The van der Waals surface area contributed by atoms with E-state index in [0.717, 1.165) is 31.8 Å². The van der Waals surface area contributed by atoms with E-state index in [4.69, 9.17) is 14.2 Å². The molecule has 0 aromatic heterocycles. The highest BCUT2D eigenvalue weighted by Crippen LogP contribution is 2.15. The SMILES string of the molecule is COc1ccc(COCCC[C@H]2CO2)cc1. The van der Waals surface area contributed by atoms with Crippen LogP contribution >= 0.6 is 0 Å². The van der Waals surface area contributed by atoms with Gasteiger partial charge in [-0.15, -0.1) is 0 Å². The Hall–Kier alpha value is -1.06. The highest BCUT2D eigenvalue weighted by molar-refractivity contribution is 5.26. The van der Waals surface area contributed by atoms with Crippen LogP contribution < -0.4 is 4.74 Å².